The molecule has 0 aliphatic carbocycles. The van der Waals surface area contributed by atoms with Crippen molar-refractivity contribution in [3.05, 3.63) is 89.7 Å². The predicted octanol–water partition coefficient (Wildman–Crippen LogP) is 5.71. The fourth-order valence-corrected chi connectivity index (χ4v) is 3.54. The zero-order valence-corrected chi connectivity index (χ0v) is 17.6. The van der Waals surface area contributed by atoms with Crippen molar-refractivity contribution >= 4 is 22.7 Å². The van der Waals surface area contributed by atoms with Crippen molar-refractivity contribution in [1.82, 2.24) is 9.55 Å². The van der Waals surface area contributed by atoms with Crippen LogP contribution in [0.5, 0.6) is 11.5 Å². The van der Waals surface area contributed by atoms with E-state index in [-0.39, 0.29) is 0 Å². The summed E-state index contributed by atoms with van der Waals surface area (Å²) in [6.45, 7) is 3.23. The van der Waals surface area contributed by atoms with Gasteiger partial charge < -0.3 is 14.0 Å². The first-order valence-electron chi connectivity index (χ1n) is 10.2. The van der Waals surface area contributed by atoms with E-state index in [1.165, 1.54) is 0 Å². The van der Waals surface area contributed by atoms with Gasteiger partial charge in [0, 0.05) is 6.54 Å². The first-order valence-corrected chi connectivity index (χ1v) is 10.2. The highest BCUT2D eigenvalue weighted by molar-refractivity contribution is 5.91. The van der Waals surface area contributed by atoms with Gasteiger partial charge in [0.1, 0.15) is 12.7 Å². The Morgan fingerprint density at radius 1 is 1.03 bits per heavy atom. The van der Waals surface area contributed by atoms with E-state index in [9.17, 15) is 5.26 Å². The second kappa shape index (κ2) is 9.19. The largest absolute Gasteiger partial charge is 0.493 e. The molecule has 1 aromatic heterocycles. The number of hydrogen-bond donors (Lipinski definition) is 0. The van der Waals surface area contributed by atoms with Gasteiger partial charge in [0.25, 0.3) is 0 Å². The third-order valence-corrected chi connectivity index (χ3v) is 5.07. The molecular formula is C26H23N3O2. The first kappa shape index (κ1) is 20.2. The molecule has 4 rings (SSSR count). The molecule has 4 aromatic rings. The number of hydrogen-bond acceptors (Lipinski definition) is 4. The first-order chi connectivity index (χ1) is 15.2. The van der Waals surface area contributed by atoms with Crippen LogP contribution in [0.2, 0.25) is 0 Å². The van der Waals surface area contributed by atoms with Crippen LogP contribution in [-0.4, -0.2) is 16.7 Å². The van der Waals surface area contributed by atoms with Crippen LogP contribution in [0.4, 0.5) is 0 Å². The molecule has 0 aliphatic heterocycles. The average Bonchev–Trinajstić information content (AvgIpc) is 3.20. The summed E-state index contributed by atoms with van der Waals surface area (Å²) >= 11 is 0. The molecule has 0 fully saturated rings. The molecule has 0 amide bonds. The fraction of sp³-hybridized carbons (Fsp3) is 0.154. The number of aryl methyl sites for hydroxylation is 1. The molecule has 0 saturated heterocycles. The lowest BCUT2D eigenvalue weighted by Gasteiger charge is -2.12. The number of rotatable bonds is 7. The van der Waals surface area contributed by atoms with Crippen LogP contribution in [0.25, 0.3) is 22.7 Å². The van der Waals surface area contributed by atoms with Crippen molar-refractivity contribution in [3.63, 3.8) is 0 Å². The average molecular weight is 409 g/mol. The number of para-hydroxylation sites is 2. The van der Waals surface area contributed by atoms with Crippen molar-refractivity contribution < 1.29 is 9.47 Å². The molecular weight excluding hydrogens is 386 g/mol. The van der Waals surface area contributed by atoms with Gasteiger partial charge in [-0.3, -0.25) is 0 Å². The van der Waals surface area contributed by atoms with Crippen LogP contribution in [0.1, 0.15) is 23.9 Å². The van der Waals surface area contributed by atoms with Gasteiger partial charge in [0.05, 0.1) is 23.7 Å². The molecule has 0 aliphatic rings. The summed E-state index contributed by atoms with van der Waals surface area (Å²) < 4.78 is 13.5. The molecule has 0 atom stereocenters. The van der Waals surface area contributed by atoms with E-state index >= 15 is 0 Å². The van der Waals surface area contributed by atoms with Crippen LogP contribution in [0.15, 0.2) is 72.8 Å². The van der Waals surface area contributed by atoms with E-state index in [0.717, 1.165) is 28.7 Å². The number of methoxy groups -OCH3 is 1. The normalized spacial score (nSPS) is 11.3. The lowest BCUT2D eigenvalue weighted by molar-refractivity contribution is 0.284. The quantitative estimate of drug-likeness (QED) is 0.367. The number of imidazole rings is 1. The number of ether oxygens (including phenoxy) is 2. The van der Waals surface area contributed by atoms with Crippen LogP contribution in [0, 0.1) is 11.3 Å². The topological polar surface area (TPSA) is 60.1 Å². The summed E-state index contributed by atoms with van der Waals surface area (Å²) in [5.41, 5.74) is 4.32. The molecule has 0 saturated carbocycles. The standard InChI is InChI=1S/C26H23N3O2/c1-3-29-23-12-8-7-11-22(23)28-26(29)21(17-27)15-20-13-14-24(25(16-20)30-2)31-18-19-9-5-4-6-10-19/h4-16H,3,18H2,1-2H3. The zero-order valence-electron chi connectivity index (χ0n) is 17.6. The second-order valence-electron chi connectivity index (χ2n) is 7.02. The van der Waals surface area contributed by atoms with Gasteiger partial charge in [-0.05, 0) is 48.4 Å². The Morgan fingerprint density at radius 2 is 1.81 bits per heavy atom. The number of fused-ring (bicyclic) bond motifs is 1. The number of nitrogens with zero attached hydrogens (tertiary/aromatic N) is 3. The predicted molar refractivity (Wildman–Crippen MR) is 123 cm³/mol. The highest BCUT2D eigenvalue weighted by Crippen LogP contribution is 2.31. The maximum Gasteiger partial charge on any atom is 0.161 e. The van der Waals surface area contributed by atoms with Crippen molar-refractivity contribution in [2.24, 2.45) is 0 Å². The van der Waals surface area contributed by atoms with Gasteiger partial charge >= 0.3 is 0 Å². The van der Waals surface area contributed by atoms with E-state index in [0.29, 0.717) is 29.5 Å². The molecule has 154 valence electrons. The van der Waals surface area contributed by atoms with E-state index in [2.05, 4.69) is 17.6 Å². The smallest absolute Gasteiger partial charge is 0.161 e. The highest BCUT2D eigenvalue weighted by Gasteiger charge is 2.14. The lowest BCUT2D eigenvalue weighted by atomic mass is 10.1. The summed E-state index contributed by atoms with van der Waals surface area (Å²) in [7, 11) is 1.61. The van der Waals surface area contributed by atoms with Crippen molar-refractivity contribution in [2.75, 3.05) is 7.11 Å². The van der Waals surface area contributed by atoms with Crippen molar-refractivity contribution in [1.29, 1.82) is 5.26 Å². The highest BCUT2D eigenvalue weighted by atomic mass is 16.5. The van der Waals surface area contributed by atoms with Crippen molar-refractivity contribution in [2.45, 2.75) is 20.1 Å². The number of benzene rings is 3. The lowest BCUT2D eigenvalue weighted by Crippen LogP contribution is -2.00. The summed E-state index contributed by atoms with van der Waals surface area (Å²) in [5, 5.41) is 9.85. The molecule has 0 bridgehead atoms. The zero-order chi connectivity index (χ0) is 21.6. The molecule has 3 aromatic carbocycles. The van der Waals surface area contributed by atoms with E-state index in [1.807, 2.05) is 78.9 Å². The third kappa shape index (κ3) is 4.29. The van der Waals surface area contributed by atoms with Gasteiger partial charge in [0.2, 0.25) is 0 Å². The van der Waals surface area contributed by atoms with E-state index in [1.54, 1.807) is 7.11 Å². The second-order valence-corrected chi connectivity index (χ2v) is 7.02. The van der Waals surface area contributed by atoms with Gasteiger partial charge in [0.15, 0.2) is 17.3 Å². The molecule has 0 unspecified atom stereocenters. The maximum atomic E-state index is 9.85. The van der Waals surface area contributed by atoms with Crippen LogP contribution >= 0.6 is 0 Å². The Morgan fingerprint density at radius 3 is 2.55 bits per heavy atom. The SMILES string of the molecule is CCn1c(C(C#N)=Cc2ccc(OCc3ccccc3)c(OC)c2)nc2ccccc21. The molecule has 31 heavy (non-hydrogen) atoms. The van der Waals surface area contributed by atoms with E-state index < -0.39 is 0 Å². The van der Waals surface area contributed by atoms with Gasteiger partial charge in [-0.2, -0.15) is 5.26 Å². The summed E-state index contributed by atoms with van der Waals surface area (Å²) in [4.78, 5) is 4.69. The Balaban J connectivity index is 1.65. The van der Waals surface area contributed by atoms with Gasteiger partial charge in [-0.25, -0.2) is 4.98 Å². The number of aromatic nitrogens is 2. The van der Waals surface area contributed by atoms with Crippen molar-refractivity contribution in [3.8, 4) is 17.6 Å². The number of allylic oxidation sites excluding steroid dienone is 1. The molecule has 0 N–H and O–H groups in total. The Bertz CT molecular complexity index is 1270. The minimum atomic E-state index is 0.455. The molecule has 1 heterocycles. The van der Waals surface area contributed by atoms with Gasteiger partial charge in [-0.1, -0.05) is 48.5 Å². The Kier molecular flexibility index (Phi) is 6.00. The molecule has 0 spiro atoms. The van der Waals surface area contributed by atoms with E-state index in [4.69, 9.17) is 14.5 Å². The summed E-state index contributed by atoms with van der Waals surface area (Å²) in [6.07, 6.45) is 1.83. The molecule has 0 radical (unpaired) electrons. The molecule has 5 nitrogen and oxygen atoms in total. The Labute approximate surface area is 181 Å². The summed E-state index contributed by atoms with van der Waals surface area (Å²) in [6, 6.07) is 25.9. The molecule has 5 heteroatoms. The maximum absolute atomic E-state index is 9.85. The third-order valence-electron chi connectivity index (χ3n) is 5.07. The number of nitriles is 1. The van der Waals surface area contributed by atoms with Gasteiger partial charge in [-0.15, -0.1) is 0 Å². The minimum Gasteiger partial charge on any atom is -0.493 e. The van der Waals surface area contributed by atoms with Crippen LogP contribution in [-0.2, 0) is 13.2 Å². The van der Waals surface area contributed by atoms with Crippen LogP contribution in [0.3, 0.4) is 0 Å². The monoisotopic (exact) mass is 409 g/mol. The fourth-order valence-electron chi connectivity index (χ4n) is 3.54. The minimum absolute atomic E-state index is 0.455. The van der Waals surface area contributed by atoms with Crippen LogP contribution < -0.4 is 9.47 Å². The summed E-state index contributed by atoms with van der Waals surface area (Å²) in [5.74, 6) is 1.93. The Hall–Kier alpha value is -4.04.